The number of esters is 1. The molecule has 0 saturated heterocycles. The third kappa shape index (κ3) is 4.05. The van der Waals surface area contributed by atoms with Crippen molar-refractivity contribution in [1.82, 2.24) is 0 Å². The van der Waals surface area contributed by atoms with Gasteiger partial charge in [0.1, 0.15) is 22.1 Å². The normalized spacial score (nSPS) is 17.6. The summed E-state index contributed by atoms with van der Waals surface area (Å²) in [7, 11) is 0. The van der Waals surface area contributed by atoms with Gasteiger partial charge in [-0.25, -0.2) is 9.79 Å². The molecule has 0 fully saturated rings. The number of aliphatic hydroxyl groups excluding tert-OH is 1. The van der Waals surface area contributed by atoms with Crippen LogP contribution in [0.15, 0.2) is 45.5 Å². The summed E-state index contributed by atoms with van der Waals surface area (Å²) >= 11 is 1.03. The van der Waals surface area contributed by atoms with Crippen LogP contribution in [0.5, 0.6) is 5.75 Å². The summed E-state index contributed by atoms with van der Waals surface area (Å²) in [5.41, 5.74) is 0.613. The number of aromatic hydroxyl groups is 1. The minimum absolute atomic E-state index is 0.103. The molecule has 2 N–H and O–H groups in total. The first-order valence-electron chi connectivity index (χ1n) is 7.37. The van der Waals surface area contributed by atoms with Crippen LogP contribution in [0.25, 0.3) is 6.08 Å². The van der Waals surface area contributed by atoms with Crippen molar-refractivity contribution in [1.29, 1.82) is 0 Å². The first-order chi connectivity index (χ1) is 11.5. The molecule has 0 radical (unpaired) electrons. The maximum atomic E-state index is 12.1. The minimum Gasteiger partial charge on any atom is -0.508 e. The summed E-state index contributed by atoms with van der Waals surface area (Å²) in [5.74, 6) is -1.26. The molecule has 24 heavy (non-hydrogen) atoms. The fourth-order valence-corrected chi connectivity index (χ4v) is 2.94. The highest BCUT2D eigenvalue weighted by Crippen LogP contribution is 2.39. The molecule has 0 aliphatic carbocycles. The van der Waals surface area contributed by atoms with Crippen LogP contribution in [0.1, 0.15) is 25.8 Å². The van der Waals surface area contributed by atoms with Gasteiger partial charge in [-0.05, 0) is 30.7 Å². The van der Waals surface area contributed by atoms with Crippen molar-refractivity contribution in [3.8, 4) is 5.75 Å². The summed E-state index contributed by atoms with van der Waals surface area (Å²) < 4.78 is 4.93. The minimum atomic E-state index is -0.723. The number of benzene rings is 1. The molecule has 0 unspecified atom stereocenters. The van der Waals surface area contributed by atoms with E-state index in [9.17, 15) is 19.8 Å². The molecule has 0 atom stereocenters. The van der Waals surface area contributed by atoms with Crippen molar-refractivity contribution in [2.75, 3.05) is 6.61 Å². The maximum Gasteiger partial charge on any atom is 0.344 e. The van der Waals surface area contributed by atoms with Crippen LogP contribution >= 0.6 is 11.8 Å². The standard InChI is InChI=1S/C17H17NO5S/c1-3-13(20)18-16-14(17(22)23-4-2)15(21)12(24-16)9-10-5-7-11(19)8-6-10/h5-9,19,21H,3-4H2,1-2H3/b12-9-,18-16?. The topological polar surface area (TPSA) is 96.2 Å². The van der Waals surface area contributed by atoms with Gasteiger partial charge in [0.2, 0.25) is 5.91 Å². The average molecular weight is 347 g/mol. The molecule has 0 spiro atoms. The van der Waals surface area contributed by atoms with E-state index >= 15 is 0 Å². The summed E-state index contributed by atoms with van der Waals surface area (Å²) in [4.78, 5) is 27.9. The highest BCUT2D eigenvalue weighted by molar-refractivity contribution is 8.18. The second-order valence-corrected chi connectivity index (χ2v) is 5.84. The Morgan fingerprint density at radius 2 is 1.88 bits per heavy atom. The monoisotopic (exact) mass is 347 g/mol. The Morgan fingerprint density at radius 3 is 2.46 bits per heavy atom. The lowest BCUT2D eigenvalue weighted by molar-refractivity contribution is -0.138. The first kappa shape index (κ1) is 17.8. The molecule has 1 amide bonds. The van der Waals surface area contributed by atoms with Crippen LogP contribution < -0.4 is 0 Å². The Bertz CT molecular complexity index is 747. The molecule has 0 saturated carbocycles. The lowest BCUT2D eigenvalue weighted by atomic mass is 10.1. The Balaban J connectivity index is 2.44. The molecular weight excluding hydrogens is 330 g/mol. The Kier molecular flexibility index (Phi) is 5.81. The van der Waals surface area contributed by atoms with Gasteiger partial charge in [0, 0.05) is 6.42 Å². The Morgan fingerprint density at radius 1 is 1.21 bits per heavy atom. The number of carbonyl (C=O) groups excluding carboxylic acids is 2. The van der Waals surface area contributed by atoms with Gasteiger partial charge in [0.15, 0.2) is 0 Å². The van der Waals surface area contributed by atoms with E-state index in [1.165, 1.54) is 12.1 Å². The van der Waals surface area contributed by atoms with Crippen molar-refractivity contribution in [3.63, 3.8) is 0 Å². The van der Waals surface area contributed by atoms with Gasteiger partial charge in [-0.1, -0.05) is 30.8 Å². The largest absolute Gasteiger partial charge is 0.508 e. The second-order valence-electron chi connectivity index (χ2n) is 4.81. The van der Waals surface area contributed by atoms with Crippen molar-refractivity contribution in [2.45, 2.75) is 20.3 Å². The number of carbonyl (C=O) groups is 2. The van der Waals surface area contributed by atoms with E-state index < -0.39 is 11.9 Å². The summed E-state index contributed by atoms with van der Waals surface area (Å²) in [5, 5.41) is 19.8. The number of thioether (sulfide) groups is 1. The predicted molar refractivity (Wildman–Crippen MR) is 92.7 cm³/mol. The number of aliphatic hydroxyl groups is 1. The van der Waals surface area contributed by atoms with Crippen LogP contribution in [-0.2, 0) is 14.3 Å². The van der Waals surface area contributed by atoms with Crippen molar-refractivity contribution in [2.24, 2.45) is 4.99 Å². The number of phenolic OH excluding ortho intramolecular Hbond substituents is 1. The Labute approximate surface area is 143 Å². The fraction of sp³-hybridized carbons (Fsp3) is 0.235. The first-order valence-corrected chi connectivity index (χ1v) is 8.19. The van der Waals surface area contributed by atoms with E-state index in [4.69, 9.17) is 4.74 Å². The summed E-state index contributed by atoms with van der Waals surface area (Å²) in [6.45, 7) is 3.46. The molecule has 7 heteroatoms. The third-order valence-electron chi connectivity index (χ3n) is 3.09. The quantitative estimate of drug-likeness (QED) is 0.812. The number of aliphatic imine (C=N–C) groups is 1. The number of hydrogen-bond donors (Lipinski definition) is 2. The van der Waals surface area contributed by atoms with E-state index in [1.54, 1.807) is 32.1 Å². The SMILES string of the molecule is CCOC(=O)C1=C(O)/C(=C/c2ccc(O)cc2)SC1=NC(=O)CC. The van der Waals surface area contributed by atoms with Crippen LogP contribution in [0, 0.1) is 0 Å². The fourth-order valence-electron chi connectivity index (χ4n) is 1.91. The van der Waals surface area contributed by atoms with E-state index in [-0.39, 0.29) is 35.2 Å². The highest BCUT2D eigenvalue weighted by atomic mass is 32.2. The third-order valence-corrected chi connectivity index (χ3v) is 4.11. The van der Waals surface area contributed by atoms with E-state index in [0.29, 0.717) is 10.5 Å². The van der Waals surface area contributed by atoms with Gasteiger partial charge in [-0.3, -0.25) is 4.79 Å². The van der Waals surface area contributed by atoms with Gasteiger partial charge >= 0.3 is 5.97 Å². The van der Waals surface area contributed by atoms with Gasteiger partial charge in [-0.15, -0.1) is 0 Å². The van der Waals surface area contributed by atoms with Gasteiger partial charge in [-0.2, -0.15) is 0 Å². The lowest BCUT2D eigenvalue weighted by Gasteiger charge is -2.02. The molecule has 1 heterocycles. The van der Waals surface area contributed by atoms with E-state index in [2.05, 4.69) is 4.99 Å². The molecule has 0 aromatic heterocycles. The van der Waals surface area contributed by atoms with Crippen molar-refractivity contribution in [3.05, 3.63) is 46.1 Å². The molecule has 1 aromatic carbocycles. The number of ether oxygens (including phenoxy) is 1. The smallest absolute Gasteiger partial charge is 0.344 e. The average Bonchev–Trinajstić information content (AvgIpc) is 2.85. The Hall–Kier alpha value is -2.54. The van der Waals surface area contributed by atoms with E-state index in [0.717, 1.165) is 11.8 Å². The second kappa shape index (κ2) is 7.83. The zero-order valence-electron chi connectivity index (χ0n) is 13.3. The van der Waals surface area contributed by atoms with E-state index in [1.807, 2.05) is 0 Å². The zero-order valence-corrected chi connectivity index (χ0v) is 14.1. The van der Waals surface area contributed by atoms with Gasteiger partial charge in [0.25, 0.3) is 0 Å². The van der Waals surface area contributed by atoms with Crippen LogP contribution in [0.3, 0.4) is 0 Å². The van der Waals surface area contributed by atoms with Crippen molar-refractivity contribution < 1.29 is 24.5 Å². The molecule has 1 aromatic rings. The molecule has 1 aliphatic rings. The predicted octanol–water partition coefficient (Wildman–Crippen LogP) is 3.19. The molecule has 0 bridgehead atoms. The molecule has 2 rings (SSSR count). The number of amides is 1. The molecule has 126 valence electrons. The lowest BCUT2D eigenvalue weighted by Crippen LogP contribution is -2.14. The summed E-state index contributed by atoms with van der Waals surface area (Å²) in [6.07, 6.45) is 1.83. The summed E-state index contributed by atoms with van der Waals surface area (Å²) in [6, 6.07) is 6.34. The van der Waals surface area contributed by atoms with Crippen LogP contribution in [0.2, 0.25) is 0 Å². The van der Waals surface area contributed by atoms with Gasteiger partial charge in [0.05, 0.1) is 11.5 Å². The zero-order chi connectivity index (χ0) is 17.7. The van der Waals surface area contributed by atoms with Crippen LogP contribution in [-0.4, -0.2) is 33.7 Å². The molecule has 6 nitrogen and oxygen atoms in total. The van der Waals surface area contributed by atoms with Crippen molar-refractivity contribution >= 4 is 34.8 Å². The maximum absolute atomic E-state index is 12.1. The molecular formula is C17H17NO5S. The van der Waals surface area contributed by atoms with Gasteiger partial charge < -0.3 is 14.9 Å². The number of hydrogen-bond acceptors (Lipinski definition) is 6. The van der Waals surface area contributed by atoms with Crippen LogP contribution in [0.4, 0.5) is 0 Å². The number of phenols is 1. The number of rotatable bonds is 4. The number of nitrogens with zero attached hydrogens (tertiary/aromatic N) is 1. The highest BCUT2D eigenvalue weighted by Gasteiger charge is 2.33. The molecule has 1 aliphatic heterocycles.